The van der Waals surface area contributed by atoms with E-state index in [1.165, 1.54) is 0 Å². The number of benzene rings is 2. The minimum Gasteiger partial charge on any atom is -0.486 e. The minimum atomic E-state index is -0.556. The second-order valence-electron chi connectivity index (χ2n) is 10.7. The van der Waals surface area contributed by atoms with Crippen LogP contribution in [0.1, 0.15) is 77.4 Å². The molecule has 6 nitrogen and oxygen atoms in total. The number of Topliss-reactive ketones (excluding diaryl/α,β-unsaturated/α-hetero) is 1. The van der Waals surface area contributed by atoms with Crippen LogP contribution in [0.3, 0.4) is 0 Å². The number of fused-ring (bicyclic) bond motifs is 1. The SMILES string of the molecule is Cc1cc(C)c2c(c1)OC1(CCN(C(=O)CNC(=O)c3ccc(C(C)(C)C)cc3)CC1)CC2=O. The summed E-state index contributed by atoms with van der Waals surface area (Å²) in [5.74, 6) is 0.399. The van der Waals surface area contributed by atoms with Gasteiger partial charge in [-0.25, -0.2) is 0 Å². The maximum Gasteiger partial charge on any atom is 0.251 e. The summed E-state index contributed by atoms with van der Waals surface area (Å²) in [4.78, 5) is 39.9. The molecule has 34 heavy (non-hydrogen) atoms. The van der Waals surface area contributed by atoms with Crippen LogP contribution in [0.4, 0.5) is 0 Å². The molecule has 180 valence electrons. The van der Waals surface area contributed by atoms with Crippen LogP contribution >= 0.6 is 0 Å². The predicted octanol–water partition coefficient (Wildman–Crippen LogP) is 4.36. The summed E-state index contributed by atoms with van der Waals surface area (Å²) in [6, 6.07) is 11.4. The van der Waals surface area contributed by atoms with E-state index >= 15 is 0 Å². The number of ketones is 1. The van der Waals surface area contributed by atoms with Gasteiger partial charge in [0, 0.05) is 31.5 Å². The lowest BCUT2D eigenvalue weighted by Crippen LogP contribution is -2.53. The van der Waals surface area contributed by atoms with E-state index in [-0.39, 0.29) is 29.6 Å². The summed E-state index contributed by atoms with van der Waals surface area (Å²) in [6.45, 7) is 11.3. The van der Waals surface area contributed by atoms with E-state index in [9.17, 15) is 14.4 Å². The van der Waals surface area contributed by atoms with Crippen LogP contribution in [-0.4, -0.2) is 47.7 Å². The zero-order chi connectivity index (χ0) is 24.7. The fourth-order valence-corrected chi connectivity index (χ4v) is 4.95. The normalized spacial score (nSPS) is 17.2. The number of carbonyl (C=O) groups is 3. The summed E-state index contributed by atoms with van der Waals surface area (Å²) in [7, 11) is 0. The number of ether oxygens (including phenoxy) is 1. The number of hydrogen-bond acceptors (Lipinski definition) is 4. The number of aryl methyl sites for hydroxylation is 2. The quantitative estimate of drug-likeness (QED) is 0.736. The fraction of sp³-hybridized carbons (Fsp3) is 0.464. The van der Waals surface area contributed by atoms with Gasteiger partial charge in [-0.1, -0.05) is 39.0 Å². The third kappa shape index (κ3) is 4.86. The molecule has 0 radical (unpaired) electrons. The molecule has 2 aliphatic rings. The molecule has 1 spiro atoms. The van der Waals surface area contributed by atoms with Crippen LogP contribution in [0.15, 0.2) is 36.4 Å². The summed E-state index contributed by atoms with van der Waals surface area (Å²) < 4.78 is 6.38. The lowest BCUT2D eigenvalue weighted by atomic mass is 9.81. The van der Waals surface area contributed by atoms with Crippen LogP contribution in [0, 0.1) is 13.8 Å². The molecule has 2 amide bonds. The molecule has 0 aromatic heterocycles. The van der Waals surface area contributed by atoms with Gasteiger partial charge < -0.3 is 15.0 Å². The van der Waals surface area contributed by atoms with E-state index in [1.807, 2.05) is 38.1 Å². The average Bonchev–Trinajstić information content (AvgIpc) is 2.76. The molecule has 0 saturated carbocycles. The van der Waals surface area contributed by atoms with Crippen molar-refractivity contribution < 1.29 is 19.1 Å². The monoisotopic (exact) mass is 462 g/mol. The highest BCUT2D eigenvalue weighted by Crippen LogP contribution is 2.41. The first-order chi connectivity index (χ1) is 16.0. The molecule has 1 fully saturated rings. The zero-order valence-corrected chi connectivity index (χ0v) is 20.8. The van der Waals surface area contributed by atoms with Gasteiger partial charge in [-0.2, -0.15) is 0 Å². The highest BCUT2D eigenvalue weighted by atomic mass is 16.5. The van der Waals surface area contributed by atoms with Crippen molar-refractivity contribution in [3.05, 3.63) is 64.2 Å². The van der Waals surface area contributed by atoms with E-state index in [2.05, 4.69) is 26.1 Å². The minimum absolute atomic E-state index is 0.0169. The maximum atomic E-state index is 12.9. The van der Waals surface area contributed by atoms with Gasteiger partial charge >= 0.3 is 0 Å². The Bertz CT molecular complexity index is 1120. The number of piperidine rings is 1. The van der Waals surface area contributed by atoms with E-state index in [1.54, 1.807) is 17.0 Å². The molecule has 2 aromatic rings. The van der Waals surface area contributed by atoms with E-state index in [0.717, 1.165) is 16.7 Å². The first kappa shape index (κ1) is 24.0. The van der Waals surface area contributed by atoms with Crippen molar-refractivity contribution in [2.45, 2.75) is 64.9 Å². The van der Waals surface area contributed by atoms with Gasteiger partial charge in [0.2, 0.25) is 5.91 Å². The molecule has 2 aliphatic heterocycles. The Balaban J connectivity index is 1.32. The van der Waals surface area contributed by atoms with Crippen molar-refractivity contribution >= 4 is 17.6 Å². The molecule has 0 bridgehead atoms. The Hall–Kier alpha value is -3.15. The number of hydrogen-bond donors (Lipinski definition) is 1. The highest BCUT2D eigenvalue weighted by Gasteiger charge is 2.44. The number of likely N-dealkylation sites (tertiary alicyclic amines) is 1. The van der Waals surface area contributed by atoms with Gasteiger partial charge in [0.05, 0.1) is 18.5 Å². The molecular weight excluding hydrogens is 428 g/mol. The van der Waals surface area contributed by atoms with Gasteiger partial charge in [-0.3, -0.25) is 14.4 Å². The van der Waals surface area contributed by atoms with Crippen molar-refractivity contribution in [1.82, 2.24) is 10.2 Å². The van der Waals surface area contributed by atoms with Crippen molar-refractivity contribution in [3.8, 4) is 5.75 Å². The van der Waals surface area contributed by atoms with Crippen molar-refractivity contribution in [2.24, 2.45) is 0 Å². The van der Waals surface area contributed by atoms with Crippen LogP contribution in [0.5, 0.6) is 5.75 Å². The molecule has 0 aliphatic carbocycles. The summed E-state index contributed by atoms with van der Waals surface area (Å²) in [5.41, 5.74) is 3.86. The highest BCUT2D eigenvalue weighted by molar-refractivity contribution is 6.02. The van der Waals surface area contributed by atoms with Crippen LogP contribution in [0.2, 0.25) is 0 Å². The predicted molar refractivity (Wildman–Crippen MR) is 132 cm³/mol. The fourth-order valence-electron chi connectivity index (χ4n) is 4.95. The number of nitrogens with zero attached hydrogens (tertiary/aromatic N) is 1. The summed E-state index contributed by atoms with van der Waals surface area (Å²) in [5, 5.41) is 2.74. The Morgan fingerprint density at radius 1 is 1.06 bits per heavy atom. The number of rotatable bonds is 3. The van der Waals surface area contributed by atoms with E-state index < -0.39 is 5.60 Å². The second-order valence-corrected chi connectivity index (χ2v) is 10.7. The molecular formula is C28H34N2O4. The third-order valence-corrected chi connectivity index (χ3v) is 6.97. The van der Waals surface area contributed by atoms with E-state index in [4.69, 9.17) is 4.74 Å². The largest absolute Gasteiger partial charge is 0.486 e. The number of amides is 2. The van der Waals surface area contributed by atoms with Crippen LogP contribution in [-0.2, 0) is 10.2 Å². The van der Waals surface area contributed by atoms with Gasteiger partial charge in [0.25, 0.3) is 5.91 Å². The topological polar surface area (TPSA) is 75.7 Å². The van der Waals surface area contributed by atoms with Gasteiger partial charge in [-0.05, 0) is 54.2 Å². The van der Waals surface area contributed by atoms with Crippen LogP contribution < -0.4 is 10.1 Å². The third-order valence-electron chi connectivity index (χ3n) is 6.97. The maximum absolute atomic E-state index is 12.9. The number of carbonyl (C=O) groups excluding carboxylic acids is 3. The molecule has 0 unspecified atom stereocenters. The second kappa shape index (κ2) is 8.90. The Labute approximate surface area is 201 Å². The van der Waals surface area contributed by atoms with E-state index in [0.29, 0.717) is 49.2 Å². The average molecular weight is 463 g/mol. The lowest BCUT2D eigenvalue weighted by Gasteiger charge is -2.44. The summed E-state index contributed by atoms with van der Waals surface area (Å²) in [6.07, 6.45) is 1.53. The van der Waals surface area contributed by atoms with Crippen molar-refractivity contribution in [3.63, 3.8) is 0 Å². The molecule has 1 saturated heterocycles. The Morgan fingerprint density at radius 3 is 2.32 bits per heavy atom. The Kier molecular flexibility index (Phi) is 6.28. The van der Waals surface area contributed by atoms with Crippen molar-refractivity contribution in [2.75, 3.05) is 19.6 Å². The summed E-state index contributed by atoms with van der Waals surface area (Å²) >= 11 is 0. The molecule has 0 atom stereocenters. The van der Waals surface area contributed by atoms with Gasteiger partial charge in [0.15, 0.2) is 5.78 Å². The van der Waals surface area contributed by atoms with Crippen LogP contribution in [0.25, 0.3) is 0 Å². The molecule has 2 aromatic carbocycles. The zero-order valence-electron chi connectivity index (χ0n) is 20.8. The Morgan fingerprint density at radius 2 is 1.71 bits per heavy atom. The molecule has 6 heteroatoms. The standard InChI is InChI=1S/C28H34N2O4/c1-18-14-19(2)25-22(31)16-28(34-23(25)15-18)10-12-30(13-11-28)24(32)17-29-26(33)20-6-8-21(9-7-20)27(3,4)5/h6-9,14-15H,10-13,16-17H2,1-5H3,(H,29,33). The van der Waals surface area contributed by atoms with Gasteiger partial charge in [-0.15, -0.1) is 0 Å². The molecule has 4 rings (SSSR count). The smallest absolute Gasteiger partial charge is 0.251 e. The first-order valence-electron chi connectivity index (χ1n) is 12.0. The van der Waals surface area contributed by atoms with Gasteiger partial charge in [0.1, 0.15) is 11.4 Å². The van der Waals surface area contributed by atoms with Crippen molar-refractivity contribution in [1.29, 1.82) is 0 Å². The number of nitrogens with one attached hydrogen (secondary N) is 1. The lowest BCUT2D eigenvalue weighted by molar-refractivity contribution is -0.133. The first-order valence-corrected chi connectivity index (χ1v) is 12.0. The molecule has 2 heterocycles. The molecule has 1 N–H and O–H groups in total.